The third kappa shape index (κ3) is 2.40. The zero-order valence-electron chi connectivity index (χ0n) is 10.1. The summed E-state index contributed by atoms with van der Waals surface area (Å²) in [5.41, 5.74) is 14.2. The van der Waals surface area contributed by atoms with Gasteiger partial charge in [-0.05, 0) is 37.0 Å². The maximum absolute atomic E-state index is 5.86. The molecule has 4 N–H and O–H groups in total. The zero-order chi connectivity index (χ0) is 11.7. The van der Waals surface area contributed by atoms with Crippen LogP contribution in [0.2, 0.25) is 0 Å². The molecule has 0 aliphatic heterocycles. The van der Waals surface area contributed by atoms with Gasteiger partial charge in [0, 0.05) is 18.3 Å². The molecule has 1 fully saturated rings. The Morgan fingerprint density at radius 2 is 1.94 bits per heavy atom. The molecule has 0 bridgehead atoms. The van der Waals surface area contributed by atoms with Gasteiger partial charge in [0.1, 0.15) is 0 Å². The van der Waals surface area contributed by atoms with Crippen LogP contribution in [0.1, 0.15) is 26.7 Å². The van der Waals surface area contributed by atoms with E-state index < -0.39 is 0 Å². The van der Waals surface area contributed by atoms with Gasteiger partial charge in [0.15, 0.2) is 0 Å². The SMILES string of the molecule is CC(C)CN(c1ccc(N)c(N)c1)C1CC1. The summed E-state index contributed by atoms with van der Waals surface area (Å²) in [6, 6.07) is 6.69. The van der Waals surface area contributed by atoms with E-state index in [0.29, 0.717) is 23.3 Å². The van der Waals surface area contributed by atoms with Crippen LogP contribution < -0.4 is 16.4 Å². The number of nitrogens with two attached hydrogens (primary N) is 2. The minimum absolute atomic E-state index is 0.666. The highest BCUT2D eigenvalue weighted by atomic mass is 15.2. The molecule has 1 aromatic carbocycles. The monoisotopic (exact) mass is 219 g/mol. The van der Waals surface area contributed by atoms with Crippen LogP contribution in [0.5, 0.6) is 0 Å². The molecule has 1 saturated carbocycles. The summed E-state index contributed by atoms with van der Waals surface area (Å²) in [5.74, 6) is 0.666. The van der Waals surface area contributed by atoms with Gasteiger partial charge < -0.3 is 16.4 Å². The van der Waals surface area contributed by atoms with Gasteiger partial charge >= 0.3 is 0 Å². The molecule has 2 rings (SSSR count). The second-order valence-corrected chi connectivity index (χ2v) is 5.09. The summed E-state index contributed by atoms with van der Waals surface area (Å²) in [7, 11) is 0. The largest absolute Gasteiger partial charge is 0.397 e. The van der Waals surface area contributed by atoms with Crippen LogP contribution >= 0.6 is 0 Å². The number of benzene rings is 1. The number of hydrogen-bond donors (Lipinski definition) is 2. The maximum atomic E-state index is 5.86. The minimum Gasteiger partial charge on any atom is -0.397 e. The van der Waals surface area contributed by atoms with Crippen molar-refractivity contribution in [3.63, 3.8) is 0 Å². The fraction of sp³-hybridized carbons (Fsp3) is 0.538. The Labute approximate surface area is 97.4 Å². The Morgan fingerprint density at radius 1 is 1.25 bits per heavy atom. The van der Waals surface area contributed by atoms with Crippen LogP contribution in [0.3, 0.4) is 0 Å². The number of nitrogen functional groups attached to an aromatic ring is 2. The van der Waals surface area contributed by atoms with Gasteiger partial charge in [0.2, 0.25) is 0 Å². The molecule has 3 heteroatoms. The van der Waals surface area contributed by atoms with Gasteiger partial charge in [-0.1, -0.05) is 13.8 Å². The quantitative estimate of drug-likeness (QED) is 0.765. The zero-order valence-corrected chi connectivity index (χ0v) is 10.1. The van der Waals surface area contributed by atoms with Gasteiger partial charge in [-0.3, -0.25) is 0 Å². The molecule has 0 radical (unpaired) electrons. The van der Waals surface area contributed by atoms with Crippen LogP contribution in [0.25, 0.3) is 0 Å². The molecular weight excluding hydrogens is 198 g/mol. The van der Waals surface area contributed by atoms with Gasteiger partial charge in [0.05, 0.1) is 11.4 Å². The molecule has 0 heterocycles. The predicted octanol–water partition coefficient (Wildman–Crippen LogP) is 2.48. The van der Waals surface area contributed by atoms with Gasteiger partial charge in [-0.2, -0.15) is 0 Å². The summed E-state index contributed by atoms with van der Waals surface area (Å²) >= 11 is 0. The molecule has 0 atom stereocenters. The average molecular weight is 219 g/mol. The highest BCUT2D eigenvalue weighted by Gasteiger charge is 2.29. The van der Waals surface area contributed by atoms with Crippen molar-refractivity contribution in [3.8, 4) is 0 Å². The van der Waals surface area contributed by atoms with Gasteiger partial charge in [-0.25, -0.2) is 0 Å². The summed E-state index contributed by atoms with van der Waals surface area (Å²) in [6.45, 7) is 5.58. The topological polar surface area (TPSA) is 55.3 Å². The summed E-state index contributed by atoms with van der Waals surface area (Å²) < 4.78 is 0. The molecule has 0 aromatic heterocycles. The second-order valence-electron chi connectivity index (χ2n) is 5.09. The van der Waals surface area contributed by atoms with Crippen molar-refractivity contribution < 1.29 is 0 Å². The Bertz CT molecular complexity index is 369. The molecule has 3 nitrogen and oxygen atoms in total. The summed E-state index contributed by atoms with van der Waals surface area (Å²) in [4.78, 5) is 2.46. The number of nitrogens with zero attached hydrogens (tertiary/aromatic N) is 1. The normalized spacial score (nSPS) is 15.4. The highest BCUT2D eigenvalue weighted by Crippen LogP contribution is 2.34. The van der Waals surface area contributed by atoms with Crippen molar-refractivity contribution in [2.24, 2.45) is 5.92 Å². The van der Waals surface area contributed by atoms with Crippen LogP contribution in [-0.4, -0.2) is 12.6 Å². The molecule has 1 aliphatic rings. The van der Waals surface area contributed by atoms with E-state index in [1.165, 1.54) is 18.5 Å². The lowest BCUT2D eigenvalue weighted by atomic mass is 10.1. The van der Waals surface area contributed by atoms with E-state index in [1.54, 1.807) is 0 Å². The van der Waals surface area contributed by atoms with E-state index in [1.807, 2.05) is 12.1 Å². The van der Waals surface area contributed by atoms with Crippen LogP contribution in [-0.2, 0) is 0 Å². The first-order valence-corrected chi connectivity index (χ1v) is 5.99. The third-order valence-electron chi connectivity index (χ3n) is 2.95. The van der Waals surface area contributed by atoms with Crippen molar-refractivity contribution in [1.29, 1.82) is 0 Å². The molecule has 1 aliphatic carbocycles. The summed E-state index contributed by atoms with van der Waals surface area (Å²) in [6.07, 6.45) is 2.61. The van der Waals surface area contributed by atoms with Gasteiger partial charge in [0.25, 0.3) is 0 Å². The lowest BCUT2D eigenvalue weighted by molar-refractivity contribution is 0.607. The maximum Gasteiger partial charge on any atom is 0.0568 e. The van der Waals surface area contributed by atoms with Crippen molar-refractivity contribution in [1.82, 2.24) is 0 Å². The van der Waals surface area contributed by atoms with Crippen molar-refractivity contribution in [3.05, 3.63) is 18.2 Å². The minimum atomic E-state index is 0.666. The smallest absolute Gasteiger partial charge is 0.0568 e. The van der Waals surface area contributed by atoms with Crippen LogP contribution in [0.4, 0.5) is 17.1 Å². The van der Waals surface area contributed by atoms with Crippen molar-refractivity contribution in [2.75, 3.05) is 22.9 Å². The first-order chi connectivity index (χ1) is 7.58. The fourth-order valence-corrected chi connectivity index (χ4v) is 1.99. The van der Waals surface area contributed by atoms with Crippen molar-refractivity contribution >= 4 is 17.1 Å². The molecule has 1 aromatic rings. The Balaban J connectivity index is 2.20. The van der Waals surface area contributed by atoms with E-state index in [4.69, 9.17) is 11.5 Å². The van der Waals surface area contributed by atoms with Gasteiger partial charge in [-0.15, -0.1) is 0 Å². The van der Waals surface area contributed by atoms with Crippen LogP contribution in [0, 0.1) is 5.92 Å². The molecule has 0 amide bonds. The Hall–Kier alpha value is -1.38. The standard InChI is InChI=1S/C13H21N3/c1-9(2)8-16(10-3-4-10)11-5-6-12(14)13(15)7-11/h5-7,9-10H,3-4,8,14-15H2,1-2H3. The van der Waals surface area contributed by atoms with Crippen molar-refractivity contribution in [2.45, 2.75) is 32.7 Å². The Morgan fingerprint density at radius 3 is 2.44 bits per heavy atom. The third-order valence-corrected chi connectivity index (χ3v) is 2.95. The van der Waals surface area contributed by atoms with Crippen LogP contribution in [0.15, 0.2) is 18.2 Å². The predicted molar refractivity (Wildman–Crippen MR) is 70.5 cm³/mol. The number of rotatable bonds is 4. The molecule has 16 heavy (non-hydrogen) atoms. The molecular formula is C13H21N3. The van der Waals surface area contributed by atoms with E-state index >= 15 is 0 Å². The van der Waals surface area contributed by atoms with E-state index in [2.05, 4.69) is 24.8 Å². The first-order valence-electron chi connectivity index (χ1n) is 5.99. The lowest BCUT2D eigenvalue weighted by Crippen LogP contribution is -2.29. The second kappa shape index (κ2) is 4.24. The molecule has 0 unspecified atom stereocenters. The highest BCUT2D eigenvalue weighted by molar-refractivity contribution is 5.70. The molecule has 0 saturated heterocycles. The van der Waals surface area contributed by atoms with E-state index in [9.17, 15) is 0 Å². The Kier molecular flexibility index (Phi) is 2.95. The first kappa shape index (κ1) is 11.1. The lowest BCUT2D eigenvalue weighted by Gasteiger charge is -2.27. The van der Waals surface area contributed by atoms with E-state index in [-0.39, 0.29) is 0 Å². The number of hydrogen-bond acceptors (Lipinski definition) is 3. The average Bonchev–Trinajstić information content (AvgIpc) is 3.02. The summed E-state index contributed by atoms with van der Waals surface area (Å²) in [5, 5.41) is 0. The fourth-order valence-electron chi connectivity index (χ4n) is 1.99. The molecule has 88 valence electrons. The molecule has 0 spiro atoms. The number of anilines is 3. The van der Waals surface area contributed by atoms with E-state index in [0.717, 1.165) is 6.54 Å².